The van der Waals surface area contributed by atoms with Crippen molar-refractivity contribution in [3.63, 3.8) is 0 Å². The fraction of sp³-hybridized carbons (Fsp3) is 0.176. The summed E-state index contributed by atoms with van der Waals surface area (Å²) in [6, 6.07) is 10.4. The standard InChI is InChI=1S/C17H18N6O2/c1-12-6-8-18-23(12)11-16(24)19-13-4-3-5-14(10-13)20-17(25)15-7-9-22(2)21-15/h3-10H,11H2,1-2H3,(H,19,24)(H,20,25). The molecule has 0 aliphatic carbocycles. The summed E-state index contributed by atoms with van der Waals surface area (Å²) in [6.07, 6.45) is 3.35. The lowest BCUT2D eigenvalue weighted by Gasteiger charge is -2.09. The Labute approximate surface area is 144 Å². The third kappa shape index (κ3) is 4.11. The van der Waals surface area contributed by atoms with Crippen molar-refractivity contribution in [3.05, 3.63) is 60.2 Å². The molecule has 2 amide bonds. The summed E-state index contributed by atoms with van der Waals surface area (Å²) in [7, 11) is 1.74. The van der Waals surface area contributed by atoms with Crippen LogP contribution in [0, 0.1) is 6.92 Å². The minimum atomic E-state index is -0.309. The smallest absolute Gasteiger partial charge is 0.276 e. The highest BCUT2D eigenvalue weighted by Gasteiger charge is 2.10. The monoisotopic (exact) mass is 338 g/mol. The number of benzene rings is 1. The highest BCUT2D eigenvalue weighted by molar-refractivity contribution is 6.03. The molecule has 2 N–H and O–H groups in total. The van der Waals surface area contributed by atoms with Crippen LogP contribution in [0.1, 0.15) is 16.2 Å². The van der Waals surface area contributed by atoms with Gasteiger partial charge in [0, 0.05) is 36.5 Å². The van der Waals surface area contributed by atoms with E-state index in [0.29, 0.717) is 17.1 Å². The van der Waals surface area contributed by atoms with Crippen LogP contribution in [-0.4, -0.2) is 31.4 Å². The number of carbonyl (C=O) groups excluding carboxylic acids is 2. The number of hydrogen-bond acceptors (Lipinski definition) is 4. The van der Waals surface area contributed by atoms with Crippen LogP contribution in [0.5, 0.6) is 0 Å². The van der Waals surface area contributed by atoms with Crippen LogP contribution < -0.4 is 10.6 Å². The van der Waals surface area contributed by atoms with Gasteiger partial charge in [-0.2, -0.15) is 10.2 Å². The number of aromatic nitrogens is 4. The lowest BCUT2D eigenvalue weighted by Crippen LogP contribution is -2.20. The number of nitrogens with zero attached hydrogens (tertiary/aromatic N) is 4. The van der Waals surface area contributed by atoms with Crippen LogP contribution in [0.2, 0.25) is 0 Å². The Morgan fingerprint density at radius 1 is 1.12 bits per heavy atom. The second-order valence-corrected chi connectivity index (χ2v) is 5.59. The van der Waals surface area contributed by atoms with E-state index < -0.39 is 0 Å². The minimum Gasteiger partial charge on any atom is -0.324 e. The lowest BCUT2D eigenvalue weighted by molar-refractivity contribution is -0.116. The molecule has 0 unspecified atom stereocenters. The van der Waals surface area contributed by atoms with E-state index >= 15 is 0 Å². The molecule has 3 rings (SSSR count). The molecule has 0 spiro atoms. The van der Waals surface area contributed by atoms with Gasteiger partial charge in [-0.05, 0) is 37.3 Å². The Morgan fingerprint density at radius 3 is 2.52 bits per heavy atom. The molecule has 0 atom stereocenters. The molecule has 0 saturated carbocycles. The van der Waals surface area contributed by atoms with E-state index in [0.717, 1.165) is 5.69 Å². The van der Waals surface area contributed by atoms with E-state index in [4.69, 9.17) is 0 Å². The Balaban J connectivity index is 1.64. The maximum atomic E-state index is 12.1. The second kappa shape index (κ2) is 7.00. The van der Waals surface area contributed by atoms with Crippen molar-refractivity contribution < 1.29 is 9.59 Å². The first kappa shape index (κ1) is 16.4. The highest BCUT2D eigenvalue weighted by atomic mass is 16.2. The number of nitrogens with one attached hydrogen (secondary N) is 2. The van der Waals surface area contributed by atoms with Crippen LogP contribution in [0.4, 0.5) is 11.4 Å². The average molecular weight is 338 g/mol. The van der Waals surface area contributed by atoms with Gasteiger partial charge in [0.05, 0.1) is 0 Å². The Morgan fingerprint density at radius 2 is 1.88 bits per heavy atom. The second-order valence-electron chi connectivity index (χ2n) is 5.59. The zero-order chi connectivity index (χ0) is 17.8. The van der Waals surface area contributed by atoms with Crippen LogP contribution in [0.25, 0.3) is 0 Å². The van der Waals surface area contributed by atoms with Gasteiger partial charge in [0.2, 0.25) is 5.91 Å². The van der Waals surface area contributed by atoms with Crippen molar-refractivity contribution in [1.82, 2.24) is 19.6 Å². The zero-order valence-electron chi connectivity index (χ0n) is 13.9. The maximum Gasteiger partial charge on any atom is 0.276 e. The van der Waals surface area contributed by atoms with Crippen LogP contribution in [-0.2, 0) is 18.4 Å². The van der Waals surface area contributed by atoms with E-state index in [9.17, 15) is 9.59 Å². The normalized spacial score (nSPS) is 10.5. The Kier molecular flexibility index (Phi) is 4.60. The molecular formula is C17H18N6O2. The van der Waals surface area contributed by atoms with Crippen molar-refractivity contribution in [2.24, 2.45) is 7.05 Å². The summed E-state index contributed by atoms with van der Waals surface area (Å²) in [5, 5.41) is 13.7. The first-order valence-electron chi connectivity index (χ1n) is 7.70. The average Bonchev–Trinajstić information content (AvgIpc) is 3.17. The highest BCUT2D eigenvalue weighted by Crippen LogP contribution is 2.16. The molecule has 3 aromatic rings. The summed E-state index contributed by atoms with van der Waals surface area (Å²) in [5.41, 5.74) is 2.40. The van der Waals surface area contributed by atoms with Crippen molar-refractivity contribution in [2.75, 3.05) is 10.6 Å². The first-order valence-corrected chi connectivity index (χ1v) is 7.70. The summed E-state index contributed by atoms with van der Waals surface area (Å²) in [6.45, 7) is 2.01. The molecule has 0 aliphatic heterocycles. The summed E-state index contributed by atoms with van der Waals surface area (Å²) < 4.78 is 3.17. The van der Waals surface area contributed by atoms with Gasteiger partial charge in [0.25, 0.3) is 5.91 Å². The molecule has 0 radical (unpaired) electrons. The summed E-state index contributed by atoms with van der Waals surface area (Å²) >= 11 is 0. The predicted octanol–water partition coefficient (Wildman–Crippen LogP) is 1.82. The molecule has 8 nitrogen and oxygen atoms in total. The fourth-order valence-corrected chi connectivity index (χ4v) is 2.31. The number of amides is 2. The largest absolute Gasteiger partial charge is 0.324 e. The molecule has 2 aromatic heterocycles. The van der Waals surface area contributed by atoms with Gasteiger partial charge in [-0.25, -0.2) is 0 Å². The molecule has 0 aliphatic rings. The van der Waals surface area contributed by atoms with Gasteiger partial charge in [-0.15, -0.1) is 0 Å². The third-order valence-corrected chi connectivity index (χ3v) is 3.57. The van der Waals surface area contributed by atoms with Gasteiger partial charge in [0.15, 0.2) is 5.69 Å². The summed E-state index contributed by atoms with van der Waals surface area (Å²) in [5.74, 6) is -0.503. The van der Waals surface area contributed by atoms with Gasteiger partial charge in [-0.1, -0.05) is 6.07 Å². The fourth-order valence-electron chi connectivity index (χ4n) is 2.31. The van der Waals surface area contributed by atoms with Crippen molar-refractivity contribution in [1.29, 1.82) is 0 Å². The van der Waals surface area contributed by atoms with E-state index in [1.165, 1.54) is 0 Å². The quantitative estimate of drug-likeness (QED) is 0.742. The number of rotatable bonds is 5. The van der Waals surface area contributed by atoms with Crippen molar-refractivity contribution in [2.45, 2.75) is 13.5 Å². The van der Waals surface area contributed by atoms with Gasteiger partial charge >= 0.3 is 0 Å². The Hall–Kier alpha value is -3.42. The number of anilines is 2. The Bertz CT molecular complexity index is 911. The van der Waals surface area contributed by atoms with Crippen LogP contribution in [0.3, 0.4) is 0 Å². The van der Waals surface area contributed by atoms with Crippen molar-refractivity contribution >= 4 is 23.2 Å². The molecule has 8 heteroatoms. The van der Waals surface area contributed by atoms with Crippen LogP contribution in [0.15, 0.2) is 48.8 Å². The number of aryl methyl sites for hydroxylation is 2. The molecule has 1 aromatic carbocycles. The van der Waals surface area contributed by atoms with E-state index in [-0.39, 0.29) is 18.4 Å². The predicted molar refractivity (Wildman–Crippen MR) is 93.2 cm³/mol. The van der Waals surface area contributed by atoms with E-state index in [2.05, 4.69) is 20.8 Å². The molecule has 128 valence electrons. The van der Waals surface area contributed by atoms with Crippen molar-refractivity contribution in [3.8, 4) is 0 Å². The number of carbonyl (C=O) groups is 2. The molecule has 0 bridgehead atoms. The lowest BCUT2D eigenvalue weighted by atomic mass is 10.2. The van der Waals surface area contributed by atoms with Gasteiger partial charge in [-0.3, -0.25) is 19.0 Å². The zero-order valence-corrected chi connectivity index (χ0v) is 13.9. The molecular weight excluding hydrogens is 320 g/mol. The third-order valence-electron chi connectivity index (χ3n) is 3.57. The number of hydrogen-bond donors (Lipinski definition) is 2. The topological polar surface area (TPSA) is 93.8 Å². The van der Waals surface area contributed by atoms with E-state index in [1.807, 2.05) is 13.0 Å². The molecule has 25 heavy (non-hydrogen) atoms. The summed E-state index contributed by atoms with van der Waals surface area (Å²) in [4.78, 5) is 24.2. The molecule has 0 saturated heterocycles. The first-order chi connectivity index (χ1) is 12.0. The molecule has 0 fully saturated rings. The van der Waals surface area contributed by atoms with E-state index in [1.54, 1.807) is 59.1 Å². The molecule has 2 heterocycles. The van der Waals surface area contributed by atoms with Gasteiger partial charge in [0.1, 0.15) is 6.54 Å². The van der Waals surface area contributed by atoms with Crippen LogP contribution >= 0.6 is 0 Å². The SMILES string of the molecule is Cc1ccnn1CC(=O)Nc1cccc(NC(=O)c2ccn(C)n2)c1. The maximum absolute atomic E-state index is 12.1. The van der Waals surface area contributed by atoms with Gasteiger partial charge < -0.3 is 10.6 Å². The minimum absolute atomic E-state index is 0.128.